The largest absolute Gasteiger partial charge is 0.357 e. The Balaban J connectivity index is 0.00000480. The third-order valence-electron chi connectivity index (χ3n) is 5.68. The highest BCUT2D eigenvalue weighted by Gasteiger charge is 2.24. The molecule has 31 heavy (non-hydrogen) atoms. The summed E-state index contributed by atoms with van der Waals surface area (Å²) in [5.41, 5.74) is 1.83. The number of rotatable bonds is 9. The van der Waals surface area contributed by atoms with Crippen LogP contribution in [0.25, 0.3) is 0 Å². The third-order valence-corrected chi connectivity index (χ3v) is 5.68. The van der Waals surface area contributed by atoms with Crippen LogP contribution in [-0.2, 0) is 6.42 Å². The van der Waals surface area contributed by atoms with Crippen molar-refractivity contribution in [3.63, 3.8) is 0 Å². The van der Waals surface area contributed by atoms with Crippen molar-refractivity contribution in [3.05, 3.63) is 35.4 Å². The van der Waals surface area contributed by atoms with Gasteiger partial charge in [0, 0.05) is 57.9 Å². The molecule has 7 nitrogen and oxygen atoms in total. The van der Waals surface area contributed by atoms with E-state index in [9.17, 15) is 4.79 Å². The first-order valence-corrected chi connectivity index (χ1v) is 11.2. The van der Waals surface area contributed by atoms with Crippen molar-refractivity contribution >= 4 is 35.8 Å². The number of likely N-dealkylation sites (N-methyl/N-ethyl adjacent to an activating group) is 1. The highest BCUT2D eigenvalue weighted by molar-refractivity contribution is 14.0. The van der Waals surface area contributed by atoms with Crippen LogP contribution < -0.4 is 16.0 Å². The molecular weight excluding hydrogens is 503 g/mol. The van der Waals surface area contributed by atoms with Crippen molar-refractivity contribution in [3.8, 4) is 0 Å². The Hall–Kier alpha value is -1.39. The molecule has 1 amide bonds. The van der Waals surface area contributed by atoms with E-state index in [1.165, 1.54) is 0 Å². The Labute approximate surface area is 205 Å². The molecule has 0 bridgehead atoms. The number of carbonyl (C=O) groups excluding carboxylic acids is 1. The second kappa shape index (κ2) is 14.6. The van der Waals surface area contributed by atoms with Crippen LogP contribution in [0, 0.1) is 5.92 Å². The number of benzene rings is 1. The molecule has 0 aliphatic carbocycles. The van der Waals surface area contributed by atoms with Crippen LogP contribution >= 0.6 is 24.0 Å². The second-order valence-electron chi connectivity index (χ2n) is 8.33. The minimum atomic E-state index is -0.0525. The van der Waals surface area contributed by atoms with E-state index in [0.29, 0.717) is 17.5 Å². The quantitative estimate of drug-likeness (QED) is 0.252. The van der Waals surface area contributed by atoms with Gasteiger partial charge in [-0.15, -0.1) is 24.0 Å². The molecule has 1 heterocycles. The molecule has 1 unspecified atom stereocenters. The SMILES string of the molecule is CCNC(=NCC(C(C)C)N1CCN(C)CC1)NCCc1cccc(C(=O)NC)c1.I. The molecule has 0 spiro atoms. The number of halogens is 1. The lowest BCUT2D eigenvalue weighted by atomic mass is 10.0. The Morgan fingerprint density at radius 3 is 2.48 bits per heavy atom. The van der Waals surface area contributed by atoms with Crippen molar-refractivity contribution in [2.45, 2.75) is 33.2 Å². The van der Waals surface area contributed by atoms with Crippen LogP contribution in [0.5, 0.6) is 0 Å². The molecule has 0 aromatic heterocycles. The second-order valence-corrected chi connectivity index (χ2v) is 8.33. The fourth-order valence-corrected chi connectivity index (χ4v) is 3.77. The summed E-state index contributed by atoms with van der Waals surface area (Å²) in [6.07, 6.45) is 0.835. The molecular formula is C23H41IN6O. The normalized spacial score (nSPS) is 16.5. The predicted octanol–water partition coefficient (Wildman–Crippen LogP) is 2.03. The standard InChI is InChI=1S/C23H40N6O.HI/c1-6-25-23(26-11-10-19-8-7-9-20(16-19)22(30)24-4)27-17-21(18(2)3)29-14-12-28(5)13-15-29;/h7-9,16,18,21H,6,10-15,17H2,1-5H3,(H,24,30)(H2,25,26,27);1H. The Bertz CT molecular complexity index is 688. The summed E-state index contributed by atoms with van der Waals surface area (Å²) in [6, 6.07) is 8.24. The van der Waals surface area contributed by atoms with E-state index < -0.39 is 0 Å². The minimum absolute atomic E-state index is 0. The van der Waals surface area contributed by atoms with Gasteiger partial charge in [-0.25, -0.2) is 0 Å². The topological polar surface area (TPSA) is 72.0 Å². The number of nitrogens with zero attached hydrogens (tertiary/aromatic N) is 3. The molecule has 1 saturated heterocycles. The van der Waals surface area contributed by atoms with Gasteiger partial charge in [-0.1, -0.05) is 26.0 Å². The van der Waals surface area contributed by atoms with Crippen LogP contribution in [0.4, 0.5) is 0 Å². The zero-order valence-electron chi connectivity index (χ0n) is 19.8. The first-order valence-electron chi connectivity index (χ1n) is 11.2. The van der Waals surface area contributed by atoms with E-state index in [1.54, 1.807) is 7.05 Å². The van der Waals surface area contributed by atoms with E-state index in [1.807, 2.05) is 18.2 Å². The van der Waals surface area contributed by atoms with E-state index in [0.717, 1.165) is 63.8 Å². The summed E-state index contributed by atoms with van der Waals surface area (Å²) in [6.45, 7) is 13.5. The Kier molecular flexibility index (Phi) is 13.0. The summed E-state index contributed by atoms with van der Waals surface area (Å²) in [5, 5.41) is 9.48. The monoisotopic (exact) mass is 544 g/mol. The smallest absolute Gasteiger partial charge is 0.251 e. The number of amides is 1. The highest BCUT2D eigenvalue weighted by atomic mass is 127. The zero-order valence-corrected chi connectivity index (χ0v) is 22.1. The average Bonchev–Trinajstić information content (AvgIpc) is 2.74. The molecule has 1 aromatic carbocycles. The number of guanidine groups is 1. The van der Waals surface area contributed by atoms with Gasteiger partial charge in [0.1, 0.15) is 0 Å². The molecule has 1 aromatic rings. The molecule has 3 N–H and O–H groups in total. The van der Waals surface area contributed by atoms with E-state index >= 15 is 0 Å². The minimum Gasteiger partial charge on any atom is -0.357 e. The van der Waals surface area contributed by atoms with Gasteiger partial charge in [-0.3, -0.25) is 14.7 Å². The predicted molar refractivity (Wildman–Crippen MR) is 141 cm³/mol. The molecule has 0 saturated carbocycles. The van der Waals surface area contributed by atoms with Crippen LogP contribution in [0.15, 0.2) is 29.3 Å². The summed E-state index contributed by atoms with van der Waals surface area (Å²) in [7, 11) is 3.85. The summed E-state index contributed by atoms with van der Waals surface area (Å²) in [4.78, 5) is 21.7. The molecule has 2 rings (SSSR count). The van der Waals surface area contributed by atoms with Gasteiger partial charge in [-0.05, 0) is 44.0 Å². The number of aliphatic imine (C=N–C) groups is 1. The van der Waals surface area contributed by atoms with Gasteiger partial charge in [0.25, 0.3) is 5.91 Å². The summed E-state index contributed by atoms with van der Waals surface area (Å²) < 4.78 is 0. The van der Waals surface area contributed by atoms with Crippen molar-refractivity contribution < 1.29 is 4.79 Å². The van der Waals surface area contributed by atoms with E-state index in [4.69, 9.17) is 4.99 Å². The summed E-state index contributed by atoms with van der Waals surface area (Å²) >= 11 is 0. The molecule has 8 heteroatoms. The number of carbonyl (C=O) groups is 1. The summed E-state index contributed by atoms with van der Waals surface area (Å²) in [5.74, 6) is 1.37. The molecule has 1 aliphatic rings. The molecule has 1 atom stereocenters. The Morgan fingerprint density at radius 2 is 1.87 bits per heavy atom. The number of nitrogens with one attached hydrogen (secondary N) is 3. The molecule has 1 aliphatic heterocycles. The van der Waals surface area contributed by atoms with Gasteiger partial charge in [-0.2, -0.15) is 0 Å². The van der Waals surface area contributed by atoms with Crippen molar-refractivity contribution in [2.24, 2.45) is 10.9 Å². The van der Waals surface area contributed by atoms with E-state index in [-0.39, 0.29) is 29.9 Å². The maximum Gasteiger partial charge on any atom is 0.251 e. The van der Waals surface area contributed by atoms with Crippen molar-refractivity contribution in [2.75, 3.05) is 59.9 Å². The maximum absolute atomic E-state index is 11.8. The lowest BCUT2D eigenvalue weighted by Gasteiger charge is -2.39. The molecule has 0 radical (unpaired) electrons. The Morgan fingerprint density at radius 1 is 1.16 bits per heavy atom. The van der Waals surface area contributed by atoms with Gasteiger partial charge < -0.3 is 20.9 Å². The highest BCUT2D eigenvalue weighted by Crippen LogP contribution is 2.14. The number of hydrogen-bond donors (Lipinski definition) is 3. The first kappa shape index (κ1) is 27.6. The van der Waals surface area contributed by atoms with Crippen molar-refractivity contribution in [1.29, 1.82) is 0 Å². The molecule has 1 fully saturated rings. The van der Waals surface area contributed by atoms with Gasteiger partial charge in [0.05, 0.1) is 6.54 Å². The van der Waals surface area contributed by atoms with Gasteiger partial charge in [0.15, 0.2) is 5.96 Å². The van der Waals surface area contributed by atoms with Gasteiger partial charge >= 0.3 is 0 Å². The van der Waals surface area contributed by atoms with Crippen LogP contribution in [0.3, 0.4) is 0 Å². The third kappa shape index (κ3) is 9.33. The lowest BCUT2D eigenvalue weighted by molar-refractivity contribution is 0.0925. The molecule has 176 valence electrons. The number of piperazine rings is 1. The fraction of sp³-hybridized carbons (Fsp3) is 0.652. The average molecular weight is 545 g/mol. The maximum atomic E-state index is 11.8. The van der Waals surface area contributed by atoms with Crippen LogP contribution in [0.1, 0.15) is 36.7 Å². The lowest BCUT2D eigenvalue weighted by Crippen LogP contribution is -2.52. The van der Waals surface area contributed by atoms with Crippen LogP contribution in [0.2, 0.25) is 0 Å². The van der Waals surface area contributed by atoms with E-state index in [2.05, 4.69) is 59.6 Å². The zero-order chi connectivity index (χ0) is 21.9. The van der Waals surface area contributed by atoms with Gasteiger partial charge in [0.2, 0.25) is 0 Å². The van der Waals surface area contributed by atoms with Crippen molar-refractivity contribution in [1.82, 2.24) is 25.8 Å². The number of hydrogen-bond acceptors (Lipinski definition) is 4. The van der Waals surface area contributed by atoms with Crippen LogP contribution in [-0.4, -0.2) is 87.6 Å². The fourth-order valence-electron chi connectivity index (χ4n) is 3.77. The first-order chi connectivity index (χ1) is 14.4.